The van der Waals surface area contributed by atoms with Crippen LogP contribution >= 0.6 is 43.5 Å². The molecule has 1 aliphatic rings. The monoisotopic (exact) mass is 430 g/mol. The summed E-state index contributed by atoms with van der Waals surface area (Å²) >= 11 is 13.2. The molecule has 0 fully saturated rings. The second kappa shape index (κ2) is 6.59. The molecule has 2 nitrogen and oxygen atoms in total. The minimum atomic E-state index is 0.436. The summed E-state index contributed by atoms with van der Waals surface area (Å²) in [6.07, 6.45) is 0.945. The van der Waals surface area contributed by atoms with Gasteiger partial charge in [0, 0.05) is 27.4 Å². The number of hydrogen-bond donors (Lipinski definition) is 0. The quantitative estimate of drug-likeness (QED) is 0.593. The van der Waals surface area contributed by atoms with E-state index in [2.05, 4.69) is 37.9 Å². The lowest BCUT2D eigenvalue weighted by Gasteiger charge is -2.14. The van der Waals surface area contributed by atoms with Crippen molar-refractivity contribution >= 4 is 43.5 Å². The molecule has 0 amide bonds. The van der Waals surface area contributed by atoms with E-state index in [-0.39, 0.29) is 0 Å². The zero-order valence-electron chi connectivity index (χ0n) is 11.2. The van der Waals surface area contributed by atoms with Crippen LogP contribution in [0.4, 0.5) is 0 Å². The fraction of sp³-hybridized carbons (Fsp3) is 0.250. The van der Waals surface area contributed by atoms with Gasteiger partial charge < -0.3 is 9.47 Å². The summed E-state index contributed by atoms with van der Waals surface area (Å²) in [6.45, 7) is 1.17. The third kappa shape index (κ3) is 3.22. The summed E-state index contributed by atoms with van der Waals surface area (Å²) in [5.74, 6) is 1.67. The molecule has 0 aromatic heterocycles. The van der Waals surface area contributed by atoms with Crippen LogP contribution in [0.25, 0.3) is 0 Å². The minimum absolute atomic E-state index is 0.436. The van der Waals surface area contributed by atoms with Gasteiger partial charge in [-0.25, -0.2) is 0 Å². The van der Waals surface area contributed by atoms with Crippen molar-refractivity contribution in [2.75, 3.05) is 6.61 Å². The molecule has 0 unspecified atom stereocenters. The molecule has 0 radical (unpaired) electrons. The van der Waals surface area contributed by atoms with Gasteiger partial charge in [0.05, 0.1) is 11.6 Å². The van der Waals surface area contributed by atoms with Crippen LogP contribution in [-0.2, 0) is 18.4 Å². The molecule has 5 heteroatoms. The number of alkyl halides is 1. The largest absolute Gasteiger partial charge is 0.493 e. The second-order valence-corrected chi connectivity index (χ2v) is 6.69. The fourth-order valence-corrected chi connectivity index (χ4v) is 3.67. The number of rotatable bonds is 4. The van der Waals surface area contributed by atoms with Crippen LogP contribution in [0.1, 0.15) is 16.7 Å². The van der Waals surface area contributed by atoms with Gasteiger partial charge in [-0.15, -0.1) is 0 Å². The first-order chi connectivity index (χ1) is 10.2. The Bertz CT molecular complexity index is 674. The van der Waals surface area contributed by atoms with E-state index in [1.165, 1.54) is 5.56 Å². The van der Waals surface area contributed by atoms with Gasteiger partial charge in [0.2, 0.25) is 0 Å². The predicted molar refractivity (Wildman–Crippen MR) is 91.8 cm³/mol. The molecule has 0 bridgehead atoms. The van der Waals surface area contributed by atoms with Crippen molar-refractivity contribution in [1.29, 1.82) is 0 Å². The van der Waals surface area contributed by atoms with E-state index in [4.69, 9.17) is 21.1 Å². The zero-order valence-corrected chi connectivity index (χ0v) is 15.1. The number of ether oxygens (including phenoxy) is 2. The van der Waals surface area contributed by atoms with Gasteiger partial charge in [0.1, 0.15) is 18.1 Å². The van der Waals surface area contributed by atoms with E-state index in [0.29, 0.717) is 17.0 Å². The van der Waals surface area contributed by atoms with E-state index < -0.39 is 0 Å². The van der Waals surface area contributed by atoms with Gasteiger partial charge in [0.25, 0.3) is 0 Å². The summed E-state index contributed by atoms with van der Waals surface area (Å²) in [5.41, 5.74) is 3.30. The highest BCUT2D eigenvalue weighted by molar-refractivity contribution is 9.10. The highest BCUT2D eigenvalue weighted by Gasteiger charge is 2.18. The van der Waals surface area contributed by atoms with Crippen LogP contribution in [0.5, 0.6) is 11.5 Å². The lowest BCUT2D eigenvalue weighted by Crippen LogP contribution is -2.01. The lowest BCUT2D eigenvalue weighted by molar-refractivity contribution is 0.290. The van der Waals surface area contributed by atoms with Gasteiger partial charge >= 0.3 is 0 Å². The van der Waals surface area contributed by atoms with Crippen molar-refractivity contribution in [3.05, 3.63) is 56.5 Å². The van der Waals surface area contributed by atoms with Crippen molar-refractivity contribution in [3.63, 3.8) is 0 Å². The van der Waals surface area contributed by atoms with E-state index in [9.17, 15) is 0 Å². The molecule has 0 saturated carbocycles. The molecule has 2 aromatic rings. The minimum Gasteiger partial charge on any atom is -0.493 e. The van der Waals surface area contributed by atoms with Crippen LogP contribution in [0.15, 0.2) is 34.8 Å². The molecule has 0 N–H and O–H groups in total. The Morgan fingerprint density at radius 1 is 1.24 bits per heavy atom. The van der Waals surface area contributed by atoms with Gasteiger partial charge in [0.15, 0.2) is 0 Å². The maximum Gasteiger partial charge on any atom is 0.142 e. The molecular formula is C16H13Br2ClO2. The zero-order chi connectivity index (χ0) is 14.8. The average Bonchev–Trinajstić information content (AvgIpc) is 2.93. The number of fused-ring (bicyclic) bond motifs is 1. The Balaban J connectivity index is 1.86. The van der Waals surface area contributed by atoms with Crippen LogP contribution in [0.2, 0.25) is 5.02 Å². The average molecular weight is 433 g/mol. The molecule has 1 heterocycles. The highest BCUT2D eigenvalue weighted by Crippen LogP contribution is 2.35. The Morgan fingerprint density at radius 2 is 2.10 bits per heavy atom. The Morgan fingerprint density at radius 3 is 2.90 bits per heavy atom. The standard InChI is InChI=1S/C16H13Br2ClO2/c17-8-11-2-1-3-14(19)16(11)21-9-12-7-13(18)6-10-4-5-20-15(10)12/h1-3,6-7H,4-5,8-9H2. The molecule has 0 saturated heterocycles. The molecule has 3 rings (SSSR count). The van der Waals surface area contributed by atoms with E-state index >= 15 is 0 Å². The van der Waals surface area contributed by atoms with Crippen molar-refractivity contribution in [3.8, 4) is 11.5 Å². The van der Waals surface area contributed by atoms with E-state index in [1.54, 1.807) is 0 Å². The SMILES string of the molecule is Clc1cccc(CBr)c1OCc1cc(Br)cc2c1OCC2. The van der Waals surface area contributed by atoms with Crippen LogP contribution < -0.4 is 9.47 Å². The molecule has 1 aliphatic heterocycles. The van der Waals surface area contributed by atoms with Gasteiger partial charge in [-0.3, -0.25) is 0 Å². The molecule has 21 heavy (non-hydrogen) atoms. The second-order valence-electron chi connectivity index (χ2n) is 4.80. The molecule has 110 valence electrons. The number of para-hydroxylation sites is 1. The Hall–Kier alpha value is -0.710. The molecule has 0 atom stereocenters. The topological polar surface area (TPSA) is 18.5 Å². The molecule has 0 aliphatic carbocycles. The maximum atomic E-state index is 6.24. The van der Waals surface area contributed by atoms with Crippen molar-refractivity contribution in [1.82, 2.24) is 0 Å². The summed E-state index contributed by atoms with van der Waals surface area (Å²) in [4.78, 5) is 0. The smallest absolute Gasteiger partial charge is 0.142 e. The van der Waals surface area contributed by atoms with E-state index in [0.717, 1.165) is 40.1 Å². The van der Waals surface area contributed by atoms with E-state index in [1.807, 2.05) is 24.3 Å². The molecular weight excluding hydrogens is 419 g/mol. The van der Waals surface area contributed by atoms with Crippen LogP contribution in [-0.4, -0.2) is 6.61 Å². The van der Waals surface area contributed by atoms with Gasteiger partial charge in [-0.2, -0.15) is 0 Å². The highest BCUT2D eigenvalue weighted by atomic mass is 79.9. The van der Waals surface area contributed by atoms with Crippen molar-refractivity contribution in [2.24, 2.45) is 0 Å². The molecule has 0 spiro atoms. The Kier molecular flexibility index (Phi) is 4.77. The number of hydrogen-bond acceptors (Lipinski definition) is 2. The summed E-state index contributed by atoms with van der Waals surface area (Å²) in [6, 6.07) is 9.90. The first-order valence-electron chi connectivity index (χ1n) is 6.59. The first-order valence-corrected chi connectivity index (χ1v) is 8.88. The van der Waals surface area contributed by atoms with Crippen LogP contribution in [0, 0.1) is 0 Å². The lowest BCUT2D eigenvalue weighted by atomic mass is 10.1. The third-order valence-corrected chi connectivity index (χ3v) is 4.75. The summed E-state index contributed by atoms with van der Waals surface area (Å²) in [7, 11) is 0. The summed E-state index contributed by atoms with van der Waals surface area (Å²) < 4.78 is 12.7. The maximum absolute atomic E-state index is 6.24. The summed E-state index contributed by atoms with van der Waals surface area (Å²) in [5, 5.41) is 1.33. The van der Waals surface area contributed by atoms with Gasteiger partial charge in [-0.05, 0) is 23.8 Å². The van der Waals surface area contributed by atoms with Gasteiger partial charge in [-0.1, -0.05) is 55.6 Å². The number of halogens is 3. The molecule has 2 aromatic carbocycles. The fourth-order valence-electron chi connectivity index (χ4n) is 2.42. The normalized spacial score (nSPS) is 12.9. The van der Waals surface area contributed by atoms with Crippen LogP contribution in [0.3, 0.4) is 0 Å². The predicted octanol–water partition coefficient (Wildman–Crippen LogP) is 5.51. The van der Waals surface area contributed by atoms with Crippen molar-refractivity contribution < 1.29 is 9.47 Å². The first kappa shape index (κ1) is 15.2. The Labute approximate surface area is 145 Å². The third-order valence-electron chi connectivity index (χ3n) is 3.39. The van der Waals surface area contributed by atoms with Crippen molar-refractivity contribution in [2.45, 2.75) is 18.4 Å². The number of benzene rings is 2.